The Balaban J connectivity index is 3.02. The zero-order valence-electron chi connectivity index (χ0n) is 6.73. The van der Waals surface area contributed by atoms with Gasteiger partial charge in [0, 0.05) is 9.37 Å². The van der Waals surface area contributed by atoms with Crippen molar-refractivity contribution >= 4 is 27.7 Å². The molecule has 1 aromatic rings. The lowest BCUT2D eigenvalue weighted by atomic mass is 10.2. The fourth-order valence-corrected chi connectivity index (χ4v) is 2.19. The maximum Gasteiger partial charge on any atom is 0.0311 e. The van der Waals surface area contributed by atoms with E-state index in [-0.39, 0.29) is 0 Å². The van der Waals surface area contributed by atoms with Gasteiger partial charge in [-0.25, -0.2) is 0 Å². The van der Waals surface area contributed by atoms with Crippen LogP contribution in [0.5, 0.6) is 0 Å². The van der Waals surface area contributed by atoms with Crippen molar-refractivity contribution in [3.05, 3.63) is 28.2 Å². The van der Waals surface area contributed by atoms with Gasteiger partial charge in [-0.2, -0.15) is 0 Å². The van der Waals surface area contributed by atoms with Gasteiger partial charge in [0.05, 0.1) is 0 Å². The third kappa shape index (κ3) is 2.24. The highest BCUT2D eigenvalue weighted by Gasteiger charge is 1.97. The van der Waals surface area contributed by atoms with E-state index in [1.165, 1.54) is 14.9 Å². The Morgan fingerprint density at radius 3 is 2.73 bits per heavy atom. The van der Waals surface area contributed by atoms with Gasteiger partial charge in [-0.15, -0.1) is 11.8 Å². The summed E-state index contributed by atoms with van der Waals surface area (Å²) < 4.78 is 1.20. The second-order valence-corrected chi connectivity index (χ2v) is 4.02. The van der Waals surface area contributed by atoms with E-state index in [4.69, 9.17) is 0 Å². The number of hydrogen-bond acceptors (Lipinski definition) is 1. The Bertz CT molecular complexity index is 245. The van der Waals surface area contributed by atoms with Crippen LogP contribution in [-0.4, -0.2) is 6.26 Å². The third-order valence-corrected chi connectivity index (χ3v) is 3.36. The quantitative estimate of drug-likeness (QED) is 0.699. The molecule has 0 aliphatic rings. The van der Waals surface area contributed by atoms with Crippen LogP contribution >= 0.6 is 27.7 Å². The van der Waals surface area contributed by atoms with Crippen LogP contribution in [0.3, 0.4) is 0 Å². The van der Waals surface area contributed by atoms with E-state index in [9.17, 15) is 0 Å². The number of rotatable bonds is 2. The third-order valence-electron chi connectivity index (χ3n) is 1.62. The largest absolute Gasteiger partial charge is 0.128 e. The summed E-state index contributed by atoms with van der Waals surface area (Å²) in [5.74, 6) is 0. The monoisotopic (exact) mass is 230 g/mol. The molecule has 0 aliphatic carbocycles. The first-order valence-electron chi connectivity index (χ1n) is 3.60. The molecule has 0 spiro atoms. The van der Waals surface area contributed by atoms with Crippen LogP contribution in [-0.2, 0) is 6.42 Å². The van der Waals surface area contributed by atoms with Crippen molar-refractivity contribution in [1.29, 1.82) is 0 Å². The molecular weight excluding hydrogens is 220 g/mol. The van der Waals surface area contributed by atoms with E-state index >= 15 is 0 Å². The predicted octanol–water partition coefficient (Wildman–Crippen LogP) is 3.73. The summed E-state index contributed by atoms with van der Waals surface area (Å²) in [4.78, 5) is 1.32. The number of halogens is 1. The van der Waals surface area contributed by atoms with Crippen molar-refractivity contribution in [2.75, 3.05) is 6.26 Å². The molecule has 0 fully saturated rings. The summed E-state index contributed by atoms with van der Waals surface area (Å²) in [6.45, 7) is 2.17. The lowest BCUT2D eigenvalue weighted by Gasteiger charge is -2.02. The van der Waals surface area contributed by atoms with Gasteiger partial charge in [-0.1, -0.05) is 13.0 Å². The zero-order valence-corrected chi connectivity index (χ0v) is 9.13. The number of hydrogen-bond donors (Lipinski definition) is 0. The standard InChI is InChI=1S/C9H11BrS/c1-3-7-4-5-8(10)9(6-7)11-2/h4-6H,3H2,1-2H3. The molecule has 0 aliphatic heterocycles. The molecule has 0 atom stereocenters. The van der Waals surface area contributed by atoms with Crippen molar-refractivity contribution in [3.8, 4) is 0 Å². The highest BCUT2D eigenvalue weighted by molar-refractivity contribution is 9.10. The molecule has 0 N–H and O–H groups in total. The minimum absolute atomic E-state index is 1.11. The summed E-state index contributed by atoms with van der Waals surface area (Å²) in [5, 5.41) is 0. The first kappa shape index (κ1) is 9.14. The highest BCUT2D eigenvalue weighted by Crippen LogP contribution is 2.26. The second-order valence-electron chi connectivity index (χ2n) is 2.32. The molecular formula is C9H11BrS. The first-order chi connectivity index (χ1) is 5.27. The normalized spacial score (nSPS) is 10.1. The average Bonchev–Trinajstić information content (AvgIpc) is 2.05. The molecule has 0 saturated carbocycles. The molecule has 60 valence electrons. The molecule has 0 amide bonds. The molecule has 1 rings (SSSR count). The number of benzene rings is 1. The second kappa shape index (κ2) is 4.17. The average molecular weight is 231 g/mol. The van der Waals surface area contributed by atoms with Gasteiger partial charge in [-0.05, 0) is 46.3 Å². The van der Waals surface area contributed by atoms with Crippen LogP contribution in [0.1, 0.15) is 12.5 Å². The summed E-state index contributed by atoms with van der Waals surface area (Å²) in [7, 11) is 0. The molecule has 0 aromatic heterocycles. The first-order valence-corrected chi connectivity index (χ1v) is 5.62. The van der Waals surface area contributed by atoms with Crippen LogP contribution in [0.25, 0.3) is 0 Å². The molecule has 0 heterocycles. The van der Waals surface area contributed by atoms with Gasteiger partial charge < -0.3 is 0 Å². The highest BCUT2D eigenvalue weighted by atomic mass is 79.9. The van der Waals surface area contributed by atoms with Crippen molar-refractivity contribution < 1.29 is 0 Å². The summed E-state index contributed by atoms with van der Waals surface area (Å²) in [6.07, 6.45) is 3.21. The van der Waals surface area contributed by atoms with E-state index in [1.54, 1.807) is 11.8 Å². The molecule has 0 saturated heterocycles. The summed E-state index contributed by atoms with van der Waals surface area (Å²) >= 11 is 5.28. The van der Waals surface area contributed by atoms with E-state index in [0.29, 0.717) is 0 Å². The molecule has 11 heavy (non-hydrogen) atoms. The maximum atomic E-state index is 3.50. The Labute approximate surface area is 80.5 Å². The van der Waals surface area contributed by atoms with E-state index in [1.807, 2.05) is 0 Å². The fourth-order valence-electron chi connectivity index (χ4n) is 0.924. The molecule has 0 radical (unpaired) electrons. The Morgan fingerprint density at radius 2 is 2.18 bits per heavy atom. The minimum atomic E-state index is 1.11. The van der Waals surface area contributed by atoms with Gasteiger partial charge in [0.25, 0.3) is 0 Å². The summed E-state index contributed by atoms with van der Waals surface area (Å²) in [5.41, 5.74) is 1.40. The predicted molar refractivity (Wildman–Crippen MR) is 55.3 cm³/mol. The molecule has 0 unspecified atom stereocenters. The SMILES string of the molecule is CCc1ccc(Br)c(SC)c1. The van der Waals surface area contributed by atoms with Crippen LogP contribution in [0.4, 0.5) is 0 Å². The number of aryl methyl sites for hydroxylation is 1. The van der Waals surface area contributed by atoms with Gasteiger partial charge in [0.1, 0.15) is 0 Å². The van der Waals surface area contributed by atoms with Crippen LogP contribution in [0.15, 0.2) is 27.6 Å². The van der Waals surface area contributed by atoms with Crippen LogP contribution in [0.2, 0.25) is 0 Å². The maximum absolute atomic E-state index is 3.50. The van der Waals surface area contributed by atoms with E-state index < -0.39 is 0 Å². The van der Waals surface area contributed by atoms with Crippen LogP contribution in [0, 0.1) is 0 Å². The molecule has 1 aromatic carbocycles. The lowest BCUT2D eigenvalue weighted by molar-refractivity contribution is 1.12. The van der Waals surface area contributed by atoms with Gasteiger partial charge in [0.15, 0.2) is 0 Å². The Morgan fingerprint density at radius 1 is 1.45 bits per heavy atom. The minimum Gasteiger partial charge on any atom is -0.128 e. The zero-order chi connectivity index (χ0) is 8.27. The van der Waals surface area contributed by atoms with Gasteiger partial charge in [0.2, 0.25) is 0 Å². The van der Waals surface area contributed by atoms with Crippen molar-refractivity contribution in [2.45, 2.75) is 18.2 Å². The van der Waals surface area contributed by atoms with Crippen LogP contribution < -0.4 is 0 Å². The Kier molecular flexibility index (Phi) is 3.46. The van der Waals surface area contributed by atoms with Crippen molar-refractivity contribution in [2.24, 2.45) is 0 Å². The van der Waals surface area contributed by atoms with Crippen molar-refractivity contribution in [3.63, 3.8) is 0 Å². The van der Waals surface area contributed by atoms with E-state index in [0.717, 1.165) is 6.42 Å². The Hall–Kier alpha value is 0.0500. The number of thioether (sulfide) groups is 1. The molecule has 2 heteroatoms. The van der Waals surface area contributed by atoms with Gasteiger partial charge >= 0.3 is 0 Å². The summed E-state index contributed by atoms with van der Waals surface area (Å²) in [6, 6.07) is 6.50. The van der Waals surface area contributed by atoms with E-state index in [2.05, 4.69) is 47.3 Å². The smallest absolute Gasteiger partial charge is 0.0311 e. The fraction of sp³-hybridized carbons (Fsp3) is 0.333. The topological polar surface area (TPSA) is 0 Å². The van der Waals surface area contributed by atoms with Crippen molar-refractivity contribution in [1.82, 2.24) is 0 Å². The van der Waals surface area contributed by atoms with Gasteiger partial charge in [-0.3, -0.25) is 0 Å². The molecule has 0 bridgehead atoms. The molecule has 0 nitrogen and oxygen atoms in total. The lowest BCUT2D eigenvalue weighted by Crippen LogP contribution is -1.81.